The van der Waals surface area contributed by atoms with Gasteiger partial charge in [0.2, 0.25) is 10.9 Å². The maximum atomic E-state index is 10.5. The summed E-state index contributed by atoms with van der Waals surface area (Å²) >= 11 is 6.13. The zero-order chi connectivity index (χ0) is 16.2. The highest BCUT2D eigenvalue weighted by atomic mass is 35.5. The lowest BCUT2D eigenvalue weighted by Crippen LogP contribution is -2.35. The molecule has 0 radical (unpaired) electrons. The van der Waals surface area contributed by atoms with Crippen LogP contribution < -0.4 is 9.62 Å². The van der Waals surface area contributed by atoms with E-state index in [2.05, 4.69) is 19.8 Å². The molecule has 0 atom stereocenters. The fourth-order valence-corrected chi connectivity index (χ4v) is 3.60. The van der Waals surface area contributed by atoms with Gasteiger partial charge in [-0.3, -0.25) is 0 Å². The molecule has 0 saturated carbocycles. The minimum Gasteiger partial charge on any atom is -0.355 e. The molecule has 1 aliphatic heterocycles. The number of anilines is 1. The van der Waals surface area contributed by atoms with Crippen molar-refractivity contribution < 1.29 is 8.42 Å². The fourth-order valence-electron chi connectivity index (χ4n) is 3.08. The van der Waals surface area contributed by atoms with Gasteiger partial charge in [-0.15, -0.1) is 10.2 Å². The van der Waals surface area contributed by atoms with E-state index in [-0.39, 0.29) is 0 Å². The lowest BCUT2D eigenvalue weighted by Gasteiger charge is -2.33. The second-order valence-corrected chi connectivity index (χ2v) is 6.93. The van der Waals surface area contributed by atoms with Crippen molar-refractivity contribution in [3.8, 4) is 0 Å². The summed E-state index contributed by atoms with van der Waals surface area (Å²) in [6.07, 6.45) is 2.93. The third-order valence-electron chi connectivity index (χ3n) is 4.33. The Hall–Kier alpha value is -1.44. The summed E-state index contributed by atoms with van der Waals surface area (Å²) in [5.41, 5.74) is 0. The fraction of sp³-hybridized carbons (Fsp3) is 0.467. The van der Waals surface area contributed by atoms with Gasteiger partial charge in [0, 0.05) is 30.4 Å². The Morgan fingerprint density at radius 3 is 2.57 bits per heavy atom. The Bertz CT molecular complexity index is 752. The van der Waals surface area contributed by atoms with E-state index in [1.54, 1.807) is 0 Å². The summed E-state index contributed by atoms with van der Waals surface area (Å²) in [5.74, 6) is 1.42. The quantitative estimate of drug-likeness (QED) is 0.803. The first kappa shape index (κ1) is 16.4. The molecule has 2 heterocycles. The molecule has 0 unspecified atom stereocenters. The highest BCUT2D eigenvalue weighted by Crippen LogP contribution is 2.31. The number of hydrogen-bond acceptors (Lipinski definition) is 5. The maximum Gasteiger partial charge on any atom is 0.201 e. The van der Waals surface area contributed by atoms with Crippen LogP contribution in [0, 0.1) is 5.92 Å². The molecule has 0 bridgehead atoms. The molecule has 1 aliphatic rings. The average molecular weight is 355 g/mol. The Morgan fingerprint density at radius 2 is 1.87 bits per heavy atom. The third-order valence-corrected chi connectivity index (χ3v) is 5.09. The number of aromatic nitrogens is 2. The van der Waals surface area contributed by atoms with Crippen LogP contribution in [0.3, 0.4) is 0 Å². The largest absolute Gasteiger partial charge is 0.355 e. The Labute approximate surface area is 141 Å². The van der Waals surface area contributed by atoms with Gasteiger partial charge in [0.15, 0.2) is 11.0 Å². The van der Waals surface area contributed by atoms with Crippen LogP contribution in [0.5, 0.6) is 0 Å². The molecule has 8 heteroatoms. The summed E-state index contributed by atoms with van der Waals surface area (Å²) in [6.45, 7) is 2.32. The molecule has 1 aromatic carbocycles. The van der Waals surface area contributed by atoms with Gasteiger partial charge in [-0.2, -0.15) is 0 Å². The summed E-state index contributed by atoms with van der Waals surface area (Å²) < 4.78 is 23.5. The minimum atomic E-state index is -2.49. The lowest BCUT2D eigenvalue weighted by molar-refractivity contribution is 0.381. The molecule has 124 valence electrons. The van der Waals surface area contributed by atoms with Crippen LogP contribution in [0.15, 0.2) is 24.3 Å². The first-order valence-electron chi connectivity index (χ1n) is 7.69. The Kier molecular flexibility index (Phi) is 5.30. The molecule has 0 aliphatic carbocycles. The Morgan fingerprint density at radius 1 is 1.17 bits per heavy atom. The van der Waals surface area contributed by atoms with Gasteiger partial charge in [0.05, 0.1) is 0 Å². The lowest BCUT2D eigenvalue weighted by atomic mass is 9.93. The first-order chi connectivity index (χ1) is 11.1. The second-order valence-electron chi connectivity index (χ2n) is 5.74. The number of thiol groups is 1. The molecular weight excluding hydrogens is 336 g/mol. The van der Waals surface area contributed by atoms with Gasteiger partial charge < -0.3 is 4.90 Å². The predicted molar refractivity (Wildman–Crippen MR) is 92.4 cm³/mol. The Balaban J connectivity index is 1.67. The van der Waals surface area contributed by atoms with Crippen LogP contribution in [0.1, 0.15) is 19.3 Å². The van der Waals surface area contributed by atoms with Gasteiger partial charge in [-0.1, -0.05) is 35.9 Å². The minimum absolute atomic E-state index is 0.428. The maximum absolute atomic E-state index is 10.5. The van der Waals surface area contributed by atoms with E-state index in [4.69, 9.17) is 11.6 Å². The smallest absolute Gasteiger partial charge is 0.201 e. The van der Waals surface area contributed by atoms with Crippen LogP contribution in [0.4, 0.5) is 5.82 Å². The summed E-state index contributed by atoms with van der Waals surface area (Å²) in [4.78, 5) is 2.24. The number of halogens is 1. The molecule has 3 rings (SSSR count). The van der Waals surface area contributed by atoms with Crippen molar-refractivity contribution in [2.24, 2.45) is 5.92 Å². The number of rotatable bonds is 5. The number of nitrogens with zero attached hydrogens (tertiary/aromatic N) is 3. The number of benzene rings is 1. The van der Waals surface area contributed by atoms with Gasteiger partial charge in [-0.25, -0.2) is 13.1 Å². The first-order valence-corrected chi connectivity index (χ1v) is 9.24. The molecule has 1 fully saturated rings. The molecule has 0 amide bonds. The van der Waals surface area contributed by atoms with Crippen LogP contribution in [0.25, 0.3) is 10.8 Å². The summed E-state index contributed by atoms with van der Waals surface area (Å²) in [5, 5.41) is 10.7. The highest BCUT2D eigenvalue weighted by molar-refractivity contribution is 7.70. The molecule has 6 nitrogen and oxygen atoms in total. The van der Waals surface area contributed by atoms with Crippen LogP contribution in [-0.2, 0) is 10.9 Å². The SMILES string of the molecule is O=[SH](=O)NCCC1CCN(c2nnc(Cl)c3ccccc23)CC1. The zero-order valence-electron chi connectivity index (χ0n) is 12.6. The standard InChI is InChI=1S/C15H19ClN4O2S/c16-14-12-3-1-2-4-13(12)15(19-18-14)20-9-6-11(7-10-20)5-8-17-23(21)22/h1-4,11,23H,5-10H2,(H,17,21,22). The molecule has 23 heavy (non-hydrogen) atoms. The number of hydrogen-bond donors (Lipinski definition) is 2. The van der Waals surface area contributed by atoms with E-state index in [0.29, 0.717) is 17.6 Å². The van der Waals surface area contributed by atoms with Gasteiger partial charge in [-0.05, 0) is 25.2 Å². The number of fused-ring (bicyclic) bond motifs is 1. The molecular formula is C15H19ClN4O2S. The highest BCUT2D eigenvalue weighted by Gasteiger charge is 2.22. The number of piperidine rings is 1. The van der Waals surface area contributed by atoms with Crippen molar-refractivity contribution in [3.63, 3.8) is 0 Å². The molecule has 1 N–H and O–H groups in total. The van der Waals surface area contributed by atoms with Crippen molar-refractivity contribution in [1.29, 1.82) is 0 Å². The molecule has 1 saturated heterocycles. The van der Waals surface area contributed by atoms with Crippen LogP contribution >= 0.6 is 11.6 Å². The van der Waals surface area contributed by atoms with E-state index >= 15 is 0 Å². The summed E-state index contributed by atoms with van der Waals surface area (Å²) in [6, 6.07) is 7.90. The van der Waals surface area contributed by atoms with E-state index in [1.165, 1.54) is 0 Å². The average Bonchev–Trinajstić information content (AvgIpc) is 2.56. The zero-order valence-corrected chi connectivity index (χ0v) is 14.3. The van der Waals surface area contributed by atoms with E-state index in [9.17, 15) is 8.42 Å². The van der Waals surface area contributed by atoms with Gasteiger partial charge in [0.25, 0.3) is 0 Å². The van der Waals surface area contributed by atoms with Crippen molar-refractivity contribution in [2.45, 2.75) is 19.3 Å². The third kappa shape index (κ3) is 3.91. The van der Waals surface area contributed by atoms with Crippen molar-refractivity contribution >= 4 is 39.1 Å². The summed E-state index contributed by atoms with van der Waals surface area (Å²) in [7, 11) is -2.49. The van der Waals surface area contributed by atoms with Crippen LogP contribution in [0.2, 0.25) is 5.15 Å². The number of nitrogens with one attached hydrogen (secondary N) is 1. The topological polar surface area (TPSA) is 75.2 Å². The van der Waals surface area contributed by atoms with E-state index in [0.717, 1.165) is 48.9 Å². The van der Waals surface area contributed by atoms with Gasteiger partial charge in [0.1, 0.15) is 0 Å². The molecule has 1 aromatic heterocycles. The van der Waals surface area contributed by atoms with Gasteiger partial charge >= 0.3 is 0 Å². The van der Waals surface area contributed by atoms with Crippen LogP contribution in [-0.4, -0.2) is 38.2 Å². The van der Waals surface area contributed by atoms with Crippen molar-refractivity contribution in [3.05, 3.63) is 29.4 Å². The predicted octanol–water partition coefficient (Wildman–Crippen LogP) is 2.01. The molecule has 2 aromatic rings. The van der Waals surface area contributed by atoms with E-state index < -0.39 is 10.9 Å². The van der Waals surface area contributed by atoms with E-state index in [1.807, 2.05) is 24.3 Å². The normalized spacial score (nSPS) is 16.3. The van der Waals surface area contributed by atoms with Crippen molar-refractivity contribution in [1.82, 2.24) is 14.9 Å². The second kappa shape index (κ2) is 7.42. The molecule has 0 spiro atoms. The monoisotopic (exact) mass is 354 g/mol. The van der Waals surface area contributed by atoms with Crippen molar-refractivity contribution in [2.75, 3.05) is 24.5 Å².